The standard InChI is InChI=1S/C11H11N3O3S3/c1-2-18-10(15)6-4-8-12-13-11(20-8)7-3-5-9(19-7)14(16)17/h3,5H,2,4,6H2,1H3. The maximum atomic E-state index is 11.4. The normalized spacial score (nSPS) is 10.7. The van der Waals surface area contributed by atoms with Crippen LogP contribution in [0.4, 0.5) is 5.00 Å². The van der Waals surface area contributed by atoms with Gasteiger partial charge in [0, 0.05) is 18.9 Å². The van der Waals surface area contributed by atoms with Crippen LogP contribution in [0, 0.1) is 10.1 Å². The van der Waals surface area contributed by atoms with E-state index in [4.69, 9.17) is 0 Å². The molecule has 0 saturated heterocycles. The van der Waals surface area contributed by atoms with Crippen molar-refractivity contribution >= 4 is 44.6 Å². The second-order valence-electron chi connectivity index (χ2n) is 3.70. The van der Waals surface area contributed by atoms with E-state index in [1.165, 1.54) is 29.2 Å². The van der Waals surface area contributed by atoms with Gasteiger partial charge in [-0.15, -0.1) is 10.2 Å². The molecule has 2 heterocycles. The fourth-order valence-corrected chi connectivity index (χ4v) is 3.71. The van der Waals surface area contributed by atoms with Gasteiger partial charge in [0.25, 0.3) is 0 Å². The van der Waals surface area contributed by atoms with Gasteiger partial charge < -0.3 is 0 Å². The van der Waals surface area contributed by atoms with Crippen LogP contribution in [-0.2, 0) is 11.2 Å². The van der Waals surface area contributed by atoms with Gasteiger partial charge in [-0.2, -0.15) is 0 Å². The minimum atomic E-state index is -0.420. The lowest BCUT2D eigenvalue weighted by Gasteiger charge is -1.94. The molecule has 0 unspecified atom stereocenters. The summed E-state index contributed by atoms with van der Waals surface area (Å²) in [6, 6.07) is 3.13. The molecule has 0 fully saturated rings. The van der Waals surface area contributed by atoms with E-state index in [-0.39, 0.29) is 10.1 Å². The zero-order chi connectivity index (χ0) is 14.5. The number of thioether (sulfide) groups is 1. The summed E-state index contributed by atoms with van der Waals surface area (Å²) in [5.74, 6) is 0.777. The molecule has 2 aromatic heterocycles. The van der Waals surface area contributed by atoms with Crippen LogP contribution in [0.1, 0.15) is 18.4 Å². The topological polar surface area (TPSA) is 86.0 Å². The number of rotatable bonds is 6. The lowest BCUT2D eigenvalue weighted by atomic mass is 10.3. The Hall–Kier alpha value is -1.32. The predicted octanol–water partition coefficient (Wildman–Crippen LogP) is 3.39. The number of nitrogens with zero attached hydrogens (tertiary/aromatic N) is 3. The quantitative estimate of drug-likeness (QED) is 0.596. The van der Waals surface area contributed by atoms with Gasteiger partial charge in [-0.3, -0.25) is 14.9 Å². The molecule has 0 saturated carbocycles. The molecule has 0 aliphatic carbocycles. The van der Waals surface area contributed by atoms with Crippen LogP contribution in [-0.4, -0.2) is 26.0 Å². The minimum absolute atomic E-state index is 0.0891. The van der Waals surface area contributed by atoms with Crippen molar-refractivity contribution in [3.8, 4) is 9.88 Å². The van der Waals surface area contributed by atoms with Crippen LogP contribution in [0.5, 0.6) is 0 Å². The molecule has 0 aliphatic rings. The Balaban J connectivity index is 2.01. The van der Waals surface area contributed by atoms with Crippen molar-refractivity contribution in [2.75, 3.05) is 5.75 Å². The Morgan fingerprint density at radius 1 is 1.40 bits per heavy atom. The molecule has 2 rings (SSSR count). The average molecular weight is 329 g/mol. The highest BCUT2D eigenvalue weighted by Gasteiger charge is 2.15. The van der Waals surface area contributed by atoms with Crippen LogP contribution in [0.2, 0.25) is 0 Å². The Morgan fingerprint density at radius 3 is 2.85 bits per heavy atom. The predicted molar refractivity (Wildman–Crippen MR) is 81.3 cm³/mol. The summed E-state index contributed by atoms with van der Waals surface area (Å²) in [5, 5.41) is 20.4. The van der Waals surface area contributed by atoms with E-state index in [1.54, 1.807) is 6.07 Å². The molecule has 0 N–H and O–H groups in total. The monoisotopic (exact) mass is 329 g/mol. The first-order valence-electron chi connectivity index (χ1n) is 5.82. The van der Waals surface area contributed by atoms with Gasteiger partial charge in [-0.1, -0.05) is 41.4 Å². The molecule has 20 heavy (non-hydrogen) atoms. The van der Waals surface area contributed by atoms with Crippen LogP contribution in [0.15, 0.2) is 12.1 Å². The highest BCUT2D eigenvalue weighted by molar-refractivity contribution is 8.13. The maximum Gasteiger partial charge on any atom is 0.324 e. The number of nitro groups is 1. The summed E-state index contributed by atoms with van der Waals surface area (Å²) in [4.78, 5) is 22.4. The fraction of sp³-hybridized carbons (Fsp3) is 0.364. The Morgan fingerprint density at radius 2 is 2.20 bits per heavy atom. The van der Waals surface area contributed by atoms with E-state index >= 15 is 0 Å². The highest BCUT2D eigenvalue weighted by atomic mass is 32.2. The van der Waals surface area contributed by atoms with E-state index in [2.05, 4.69) is 10.2 Å². The second kappa shape index (κ2) is 6.91. The van der Waals surface area contributed by atoms with Crippen molar-refractivity contribution in [1.82, 2.24) is 10.2 Å². The summed E-state index contributed by atoms with van der Waals surface area (Å²) >= 11 is 3.76. The Labute approximate surface area is 127 Å². The molecule has 0 amide bonds. The van der Waals surface area contributed by atoms with E-state index < -0.39 is 4.92 Å². The summed E-state index contributed by atoms with van der Waals surface area (Å²) in [6.45, 7) is 1.94. The van der Waals surface area contributed by atoms with Crippen molar-refractivity contribution in [2.45, 2.75) is 19.8 Å². The van der Waals surface area contributed by atoms with Gasteiger partial charge in [0.1, 0.15) is 5.01 Å². The highest BCUT2D eigenvalue weighted by Crippen LogP contribution is 2.34. The Kier molecular flexibility index (Phi) is 5.21. The molecule has 9 heteroatoms. The van der Waals surface area contributed by atoms with Crippen molar-refractivity contribution in [3.63, 3.8) is 0 Å². The van der Waals surface area contributed by atoms with Gasteiger partial charge in [0.15, 0.2) is 10.1 Å². The first kappa shape index (κ1) is 15.1. The third kappa shape index (κ3) is 3.84. The molecule has 106 valence electrons. The third-order valence-corrected chi connectivity index (χ3v) is 5.30. The molecule has 0 spiro atoms. The zero-order valence-corrected chi connectivity index (χ0v) is 13.0. The average Bonchev–Trinajstić information content (AvgIpc) is 3.05. The summed E-state index contributed by atoms with van der Waals surface area (Å²) in [7, 11) is 0. The molecular formula is C11H11N3O3S3. The molecule has 0 aromatic carbocycles. The van der Waals surface area contributed by atoms with Gasteiger partial charge in [-0.05, 0) is 11.8 Å². The molecule has 6 nitrogen and oxygen atoms in total. The number of hydrogen-bond donors (Lipinski definition) is 0. The maximum absolute atomic E-state index is 11.4. The number of carbonyl (C=O) groups excluding carboxylic acids is 1. The number of aryl methyl sites for hydroxylation is 1. The number of hydrogen-bond acceptors (Lipinski definition) is 8. The van der Waals surface area contributed by atoms with Crippen molar-refractivity contribution in [1.29, 1.82) is 0 Å². The zero-order valence-electron chi connectivity index (χ0n) is 10.6. The van der Waals surface area contributed by atoms with Crippen LogP contribution in [0.25, 0.3) is 9.88 Å². The largest absolute Gasteiger partial charge is 0.324 e. The SMILES string of the molecule is CCSC(=O)CCc1nnc(-c2ccc([N+](=O)[O-])s2)s1. The Bertz CT molecular complexity index is 623. The summed E-state index contributed by atoms with van der Waals surface area (Å²) in [5.41, 5.74) is 0. The van der Waals surface area contributed by atoms with E-state index in [0.29, 0.717) is 17.8 Å². The van der Waals surface area contributed by atoms with E-state index in [0.717, 1.165) is 27.0 Å². The van der Waals surface area contributed by atoms with Gasteiger partial charge in [-0.25, -0.2) is 0 Å². The number of carbonyl (C=O) groups is 1. The first-order valence-corrected chi connectivity index (χ1v) is 8.44. The van der Waals surface area contributed by atoms with Gasteiger partial charge >= 0.3 is 5.00 Å². The van der Waals surface area contributed by atoms with E-state index in [9.17, 15) is 14.9 Å². The lowest BCUT2D eigenvalue weighted by Crippen LogP contribution is -1.95. The van der Waals surface area contributed by atoms with Gasteiger partial charge in [0.2, 0.25) is 0 Å². The van der Waals surface area contributed by atoms with Crippen LogP contribution in [0.3, 0.4) is 0 Å². The van der Waals surface area contributed by atoms with Crippen molar-refractivity contribution in [2.24, 2.45) is 0 Å². The van der Waals surface area contributed by atoms with Crippen molar-refractivity contribution in [3.05, 3.63) is 27.3 Å². The van der Waals surface area contributed by atoms with Crippen LogP contribution < -0.4 is 0 Å². The van der Waals surface area contributed by atoms with Gasteiger partial charge in [0.05, 0.1) is 9.80 Å². The van der Waals surface area contributed by atoms with Crippen LogP contribution >= 0.6 is 34.4 Å². The molecule has 2 aromatic rings. The molecular weight excluding hydrogens is 318 g/mol. The molecule has 0 aliphatic heterocycles. The minimum Gasteiger partial charge on any atom is -0.287 e. The molecule has 0 bridgehead atoms. The van der Waals surface area contributed by atoms with E-state index in [1.807, 2.05) is 6.92 Å². The summed E-state index contributed by atoms with van der Waals surface area (Å²) < 4.78 is 0. The number of aromatic nitrogens is 2. The molecule has 0 atom stereocenters. The number of thiophene rings is 1. The third-order valence-electron chi connectivity index (χ3n) is 2.30. The smallest absolute Gasteiger partial charge is 0.287 e. The van der Waals surface area contributed by atoms with Crippen molar-refractivity contribution < 1.29 is 9.72 Å². The summed E-state index contributed by atoms with van der Waals surface area (Å²) in [6.07, 6.45) is 1.01. The lowest BCUT2D eigenvalue weighted by molar-refractivity contribution is -0.380. The second-order valence-corrected chi connectivity index (χ2v) is 7.15. The fourth-order valence-electron chi connectivity index (χ4n) is 1.44. The first-order chi connectivity index (χ1) is 9.60. The molecule has 0 radical (unpaired) electrons.